The molecule has 0 unspecified atom stereocenters. The van der Waals surface area contributed by atoms with E-state index in [0.717, 1.165) is 5.39 Å². The van der Waals surface area contributed by atoms with Gasteiger partial charge in [0.1, 0.15) is 5.52 Å². The number of aromatic hydroxyl groups is 1. The number of phenolic OH excluding ortho intramolecular Hbond substituents is 1. The van der Waals surface area contributed by atoms with Crippen LogP contribution in [0, 0.1) is 5.92 Å². The van der Waals surface area contributed by atoms with Crippen molar-refractivity contribution in [3.05, 3.63) is 36.0 Å². The Bertz CT molecular complexity index is 649. The van der Waals surface area contributed by atoms with E-state index in [1.54, 1.807) is 12.3 Å². The van der Waals surface area contributed by atoms with E-state index in [4.69, 9.17) is 0 Å². The number of carbonyl (C=O) groups is 1. The van der Waals surface area contributed by atoms with Crippen LogP contribution in [-0.2, 0) is 0 Å². The molecule has 22 heavy (non-hydrogen) atoms. The number of hydrogen-bond acceptors (Lipinski definition) is 3. The Kier molecular flexibility index (Phi) is 5.36. The molecule has 0 radical (unpaired) electrons. The van der Waals surface area contributed by atoms with E-state index in [2.05, 4.69) is 10.3 Å². The van der Waals surface area contributed by atoms with Crippen LogP contribution in [0.5, 0.6) is 5.75 Å². The second-order valence-electron chi connectivity index (χ2n) is 5.75. The summed E-state index contributed by atoms with van der Waals surface area (Å²) < 4.78 is 0. The third-order valence-electron chi connectivity index (χ3n) is 4.27. The molecule has 1 amide bonds. The van der Waals surface area contributed by atoms with Crippen molar-refractivity contribution in [1.29, 1.82) is 0 Å². The number of nitrogens with zero attached hydrogens (tertiary/aromatic N) is 1. The van der Waals surface area contributed by atoms with Crippen molar-refractivity contribution >= 4 is 16.8 Å². The van der Waals surface area contributed by atoms with Crippen LogP contribution in [0.25, 0.3) is 10.9 Å². The first-order chi connectivity index (χ1) is 10.3. The summed E-state index contributed by atoms with van der Waals surface area (Å²) in [4.78, 5) is 16.4. The molecule has 0 atom stereocenters. The number of nitrogens with one attached hydrogen (secondary N) is 1. The predicted molar refractivity (Wildman–Crippen MR) is 89.0 cm³/mol. The number of rotatable bonds is 3. The van der Waals surface area contributed by atoms with Crippen molar-refractivity contribution in [3.63, 3.8) is 0 Å². The first kappa shape index (κ1) is 16.3. The zero-order chi connectivity index (χ0) is 14.7. The lowest BCUT2D eigenvalue weighted by atomic mass is 9.89. The summed E-state index contributed by atoms with van der Waals surface area (Å²) in [6.45, 7) is 0.693. The molecule has 1 saturated carbocycles. The Labute approximate surface area is 131 Å². The average Bonchev–Trinajstić information content (AvgIpc) is 2.54. The minimum absolute atomic E-state index is 0. The minimum Gasteiger partial charge on any atom is -0.505 e. The summed E-state index contributed by atoms with van der Waals surface area (Å²) in [5.41, 5.74) is 0.778. The summed E-state index contributed by atoms with van der Waals surface area (Å²) in [7, 11) is 0. The highest BCUT2D eigenvalue weighted by Crippen LogP contribution is 2.27. The molecule has 0 spiro atoms. The zero-order valence-electron chi connectivity index (χ0n) is 12.0. The van der Waals surface area contributed by atoms with Gasteiger partial charge in [0.15, 0.2) is 5.75 Å². The van der Waals surface area contributed by atoms with E-state index in [-0.39, 0.29) is 19.1 Å². The molecule has 4 nitrogen and oxygen atoms in total. The normalized spacial score (nSPS) is 15.3. The second kappa shape index (κ2) is 7.25. The van der Waals surface area contributed by atoms with Gasteiger partial charge in [-0.25, -0.2) is 0 Å². The maximum atomic E-state index is 12.3. The molecule has 2 aromatic rings. The van der Waals surface area contributed by atoms with Gasteiger partial charge in [-0.2, -0.15) is 0 Å². The van der Waals surface area contributed by atoms with Gasteiger partial charge in [0.25, 0.3) is 5.91 Å². The molecule has 0 bridgehead atoms. The van der Waals surface area contributed by atoms with E-state index in [0.29, 0.717) is 23.5 Å². The van der Waals surface area contributed by atoms with E-state index < -0.39 is 0 Å². The fourth-order valence-electron chi connectivity index (χ4n) is 3.04. The molecule has 1 aromatic carbocycles. The zero-order valence-corrected chi connectivity index (χ0v) is 12.0. The van der Waals surface area contributed by atoms with Crippen LogP contribution in [-0.4, -0.2) is 22.5 Å². The van der Waals surface area contributed by atoms with Crippen molar-refractivity contribution in [3.8, 4) is 5.75 Å². The molecule has 2 N–H and O–H groups in total. The number of carbonyl (C=O) groups excluding carboxylic acids is 1. The van der Waals surface area contributed by atoms with E-state index >= 15 is 0 Å². The quantitative estimate of drug-likeness (QED) is 0.904. The highest BCUT2D eigenvalue weighted by atomic mass is 16.3. The fraction of sp³-hybridized carbons (Fsp3) is 0.444. The van der Waals surface area contributed by atoms with Gasteiger partial charge in [-0.3, -0.25) is 9.78 Å². The largest absolute Gasteiger partial charge is 0.505 e. The molecule has 1 aliphatic rings. The van der Waals surface area contributed by atoms with Gasteiger partial charge in [0.2, 0.25) is 0 Å². The Morgan fingerprint density at radius 1 is 1.23 bits per heavy atom. The third kappa shape index (κ3) is 3.38. The van der Waals surface area contributed by atoms with Crippen molar-refractivity contribution in [2.24, 2.45) is 5.92 Å². The summed E-state index contributed by atoms with van der Waals surface area (Å²) in [5.74, 6) is 0.322. The number of benzene rings is 1. The maximum absolute atomic E-state index is 12.3. The van der Waals surface area contributed by atoms with Crippen LogP contribution >= 0.6 is 0 Å². The highest BCUT2D eigenvalue weighted by Gasteiger charge is 2.17. The first-order valence-electron chi connectivity index (χ1n) is 7.60. The molecule has 3 rings (SSSR count). The summed E-state index contributed by atoms with van der Waals surface area (Å²) in [5, 5.41) is 14.0. The number of amides is 1. The molecule has 0 saturated heterocycles. The Morgan fingerprint density at radius 2 is 2.00 bits per heavy atom. The van der Waals surface area contributed by atoms with Crippen molar-refractivity contribution in [2.45, 2.75) is 39.5 Å². The molecule has 4 heteroatoms. The second-order valence-corrected chi connectivity index (χ2v) is 5.75. The van der Waals surface area contributed by atoms with Crippen molar-refractivity contribution in [2.75, 3.05) is 6.54 Å². The average molecular weight is 300 g/mol. The molecule has 118 valence electrons. The van der Waals surface area contributed by atoms with Gasteiger partial charge in [-0.1, -0.05) is 38.8 Å². The monoisotopic (exact) mass is 300 g/mol. The number of phenols is 1. The Hall–Kier alpha value is -2.10. The van der Waals surface area contributed by atoms with Gasteiger partial charge >= 0.3 is 0 Å². The molecule has 1 aliphatic carbocycles. The fourth-order valence-corrected chi connectivity index (χ4v) is 3.04. The SMILES string of the molecule is C.O=C(NCC1CCCCC1)c1ccc2cccnc2c1O. The summed E-state index contributed by atoms with van der Waals surface area (Å²) in [6.07, 6.45) is 7.81. The topological polar surface area (TPSA) is 62.2 Å². The van der Waals surface area contributed by atoms with Gasteiger partial charge in [-0.05, 0) is 30.9 Å². The molecule has 1 aromatic heterocycles. The number of aromatic nitrogens is 1. The van der Waals surface area contributed by atoms with Crippen molar-refractivity contribution < 1.29 is 9.90 Å². The molecular weight excluding hydrogens is 276 g/mol. The summed E-state index contributed by atoms with van der Waals surface area (Å²) >= 11 is 0. The van der Waals surface area contributed by atoms with Crippen LogP contribution in [0.2, 0.25) is 0 Å². The van der Waals surface area contributed by atoms with Gasteiger partial charge in [0.05, 0.1) is 5.56 Å². The lowest BCUT2D eigenvalue weighted by Gasteiger charge is -2.21. The van der Waals surface area contributed by atoms with Crippen LogP contribution in [0.3, 0.4) is 0 Å². The number of fused-ring (bicyclic) bond motifs is 1. The van der Waals surface area contributed by atoms with Crippen LogP contribution < -0.4 is 5.32 Å². The number of hydrogen-bond donors (Lipinski definition) is 2. The van der Waals surface area contributed by atoms with Crippen molar-refractivity contribution in [1.82, 2.24) is 10.3 Å². The van der Waals surface area contributed by atoms with Crippen LogP contribution in [0.4, 0.5) is 0 Å². The van der Waals surface area contributed by atoms with Gasteiger partial charge < -0.3 is 10.4 Å². The number of pyridine rings is 1. The minimum atomic E-state index is -0.217. The predicted octanol–water partition coefficient (Wildman–Crippen LogP) is 3.89. The smallest absolute Gasteiger partial charge is 0.255 e. The highest BCUT2D eigenvalue weighted by molar-refractivity contribution is 6.02. The van der Waals surface area contributed by atoms with E-state index in [9.17, 15) is 9.90 Å². The van der Waals surface area contributed by atoms with E-state index in [1.807, 2.05) is 18.2 Å². The summed E-state index contributed by atoms with van der Waals surface area (Å²) in [6, 6.07) is 7.16. The van der Waals surface area contributed by atoms with Crippen LogP contribution in [0.1, 0.15) is 49.9 Å². The van der Waals surface area contributed by atoms with Gasteiger partial charge in [-0.15, -0.1) is 0 Å². The Morgan fingerprint density at radius 3 is 2.77 bits per heavy atom. The standard InChI is InChI=1S/C17H20N2O2.CH4/c20-16-14(9-8-13-7-4-10-18-15(13)16)17(21)19-11-12-5-2-1-3-6-12;/h4,7-10,12,20H,1-3,5-6,11H2,(H,19,21);1H4. The Balaban J connectivity index is 0.00000176. The third-order valence-corrected chi connectivity index (χ3v) is 4.27. The lowest BCUT2D eigenvalue weighted by Crippen LogP contribution is -2.30. The van der Waals surface area contributed by atoms with E-state index in [1.165, 1.54) is 32.1 Å². The molecule has 0 aliphatic heterocycles. The lowest BCUT2D eigenvalue weighted by molar-refractivity contribution is 0.0941. The molecule has 1 heterocycles. The molecular formula is C18H24N2O2. The first-order valence-corrected chi connectivity index (χ1v) is 7.60. The van der Waals surface area contributed by atoms with Crippen LogP contribution in [0.15, 0.2) is 30.5 Å². The molecule has 1 fully saturated rings. The maximum Gasteiger partial charge on any atom is 0.255 e. The van der Waals surface area contributed by atoms with Gasteiger partial charge in [0, 0.05) is 18.1 Å².